The topological polar surface area (TPSA) is 38.9 Å². The van der Waals surface area contributed by atoms with Crippen LogP contribution in [-0.2, 0) is 6.42 Å². The first-order chi connectivity index (χ1) is 5.18. The third-order valence-electron chi connectivity index (χ3n) is 1.38. The Morgan fingerprint density at radius 3 is 2.73 bits per heavy atom. The van der Waals surface area contributed by atoms with Gasteiger partial charge in [-0.1, -0.05) is 13.8 Å². The first kappa shape index (κ1) is 8.71. The molecule has 0 saturated carbocycles. The van der Waals surface area contributed by atoms with Crippen LogP contribution in [-0.4, -0.2) is 10.1 Å². The van der Waals surface area contributed by atoms with Gasteiger partial charge in [-0.05, 0) is 33.4 Å². The minimum atomic E-state index is 0.538. The summed E-state index contributed by atoms with van der Waals surface area (Å²) < 4.78 is 5.44. The number of halogens is 1. The number of hydrogen-bond donors (Lipinski definition) is 0. The Balaban J connectivity index is 2.39. The second kappa shape index (κ2) is 3.85. The zero-order valence-electron chi connectivity index (χ0n) is 6.67. The van der Waals surface area contributed by atoms with Gasteiger partial charge in [0.25, 0.3) is 0 Å². The van der Waals surface area contributed by atoms with Crippen molar-refractivity contribution in [2.24, 2.45) is 5.92 Å². The Bertz CT molecular complexity index is 222. The molecule has 0 bridgehead atoms. The third kappa shape index (κ3) is 3.01. The quantitative estimate of drug-likeness (QED) is 0.783. The van der Waals surface area contributed by atoms with Crippen LogP contribution in [0.25, 0.3) is 0 Å². The third-order valence-corrected chi connectivity index (χ3v) is 1.70. The summed E-state index contributed by atoms with van der Waals surface area (Å²) in [5, 5.41) is 3.63. The van der Waals surface area contributed by atoms with Gasteiger partial charge in [0.2, 0.25) is 10.6 Å². The van der Waals surface area contributed by atoms with Crippen molar-refractivity contribution in [1.82, 2.24) is 10.1 Å². The molecule has 11 heavy (non-hydrogen) atoms. The maximum Gasteiger partial charge on any atom is 0.238 e. The lowest BCUT2D eigenvalue weighted by Crippen LogP contribution is -1.91. The standard InChI is InChI=1S/C7H11BrN2O/c1-5(2)3-4-6-9-7(8)10-11-6/h5H,3-4H2,1-2H3. The van der Waals surface area contributed by atoms with Crippen LogP contribution in [0.3, 0.4) is 0 Å². The molecule has 62 valence electrons. The summed E-state index contributed by atoms with van der Waals surface area (Å²) in [4.78, 5) is 4.02. The van der Waals surface area contributed by atoms with Gasteiger partial charge in [-0.15, -0.1) is 0 Å². The Morgan fingerprint density at radius 1 is 1.55 bits per heavy atom. The van der Waals surface area contributed by atoms with Crippen molar-refractivity contribution in [3.8, 4) is 0 Å². The Morgan fingerprint density at radius 2 is 2.27 bits per heavy atom. The number of rotatable bonds is 3. The zero-order chi connectivity index (χ0) is 8.27. The van der Waals surface area contributed by atoms with Gasteiger partial charge >= 0.3 is 0 Å². The van der Waals surface area contributed by atoms with Crippen molar-refractivity contribution in [3.05, 3.63) is 10.6 Å². The second-order valence-corrected chi connectivity index (χ2v) is 3.60. The Kier molecular flexibility index (Phi) is 3.05. The lowest BCUT2D eigenvalue weighted by Gasteiger charge is -1.98. The van der Waals surface area contributed by atoms with E-state index in [0.717, 1.165) is 12.8 Å². The maximum absolute atomic E-state index is 4.91. The summed E-state index contributed by atoms with van der Waals surface area (Å²) >= 11 is 3.12. The largest absolute Gasteiger partial charge is 0.338 e. The lowest BCUT2D eigenvalue weighted by atomic mass is 10.1. The van der Waals surface area contributed by atoms with E-state index >= 15 is 0 Å². The average Bonchev–Trinajstić information content (AvgIpc) is 2.31. The summed E-state index contributed by atoms with van der Waals surface area (Å²) in [5.41, 5.74) is 0. The molecule has 0 fully saturated rings. The molecule has 0 aliphatic carbocycles. The van der Waals surface area contributed by atoms with Gasteiger partial charge in [-0.25, -0.2) is 0 Å². The molecule has 0 saturated heterocycles. The van der Waals surface area contributed by atoms with Crippen LogP contribution in [0.5, 0.6) is 0 Å². The minimum Gasteiger partial charge on any atom is -0.338 e. The van der Waals surface area contributed by atoms with Crippen LogP contribution in [0.15, 0.2) is 9.26 Å². The summed E-state index contributed by atoms with van der Waals surface area (Å²) in [5.74, 6) is 1.39. The van der Waals surface area contributed by atoms with E-state index in [4.69, 9.17) is 4.52 Å². The van der Waals surface area contributed by atoms with Gasteiger partial charge in [-0.2, -0.15) is 4.98 Å². The van der Waals surface area contributed by atoms with Gasteiger partial charge in [0.15, 0.2) is 0 Å². The molecular weight excluding hydrogens is 208 g/mol. The molecule has 0 N–H and O–H groups in total. The van der Waals surface area contributed by atoms with Crippen LogP contribution >= 0.6 is 15.9 Å². The van der Waals surface area contributed by atoms with E-state index in [2.05, 4.69) is 39.9 Å². The van der Waals surface area contributed by atoms with Crippen molar-refractivity contribution in [3.63, 3.8) is 0 Å². The van der Waals surface area contributed by atoms with E-state index in [0.29, 0.717) is 16.5 Å². The highest BCUT2D eigenvalue weighted by molar-refractivity contribution is 9.10. The van der Waals surface area contributed by atoms with Gasteiger partial charge in [0, 0.05) is 6.42 Å². The molecule has 0 aliphatic rings. The minimum absolute atomic E-state index is 0.538. The molecule has 0 radical (unpaired) electrons. The fourth-order valence-corrected chi connectivity index (χ4v) is 1.02. The van der Waals surface area contributed by atoms with E-state index in [1.807, 2.05) is 0 Å². The highest BCUT2D eigenvalue weighted by Gasteiger charge is 2.03. The van der Waals surface area contributed by atoms with Crippen LogP contribution in [0.1, 0.15) is 26.2 Å². The fourth-order valence-electron chi connectivity index (χ4n) is 0.748. The van der Waals surface area contributed by atoms with E-state index in [1.54, 1.807) is 0 Å². The summed E-state index contributed by atoms with van der Waals surface area (Å²) in [7, 11) is 0. The molecule has 0 unspecified atom stereocenters. The average molecular weight is 219 g/mol. The van der Waals surface area contributed by atoms with Crippen LogP contribution in [0.2, 0.25) is 0 Å². The zero-order valence-corrected chi connectivity index (χ0v) is 8.26. The summed E-state index contributed by atoms with van der Waals surface area (Å²) in [6, 6.07) is 0. The van der Waals surface area contributed by atoms with Crippen molar-refractivity contribution in [2.45, 2.75) is 26.7 Å². The molecule has 0 aliphatic heterocycles. The molecular formula is C7H11BrN2O. The lowest BCUT2D eigenvalue weighted by molar-refractivity contribution is 0.365. The number of aromatic nitrogens is 2. The van der Waals surface area contributed by atoms with Crippen molar-refractivity contribution in [2.75, 3.05) is 0 Å². The molecule has 0 amide bonds. The molecule has 0 spiro atoms. The molecule has 3 nitrogen and oxygen atoms in total. The molecule has 4 heteroatoms. The molecule has 1 heterocycles. The SMILES string of the molecule is CC(C)CCc1nc(Br)no1. The Labute approximate surface area is 74.3 Å². The predicted molar refractivity (Wildman–Crippen MR) is 45.2 cm³/mol. The molecule has 1 aromatic heterocycles. The number of aryl methyl sites for hydroxylation is 1. The van der Waals surface area contributed by atoms with Crippen LogP contribution in [0, 0.1) is 5.92 Å². The van der Waals surface area contributed by atoms with E-state index in [-0.39, 0.29) is 0 Å². The van der Waals surface area contributed by atoms with Crippen LogP contribution < -0.4 is 0 Å². The molecule has 0 aromatic carbocycles. The fraction of sp³-hybridized carbons (Fsp3) is 0.714. The number of nitrogens with zero attached hydrogens (tertiary/aromatic N) is 2. The van der Waals surface area contributed by atoms with Gasteiger partial charge in [-0.3, -0.25) is 0 Å². The molecule has 0 atom stereocenters. The normalized spacial score (nSPS) is 10.9. The van der Waals surface area contributed by atoms with Gasteiger partial charge in [0.1, 0.15) is 0 Å². The number of hydrogen-bond acceptors (Lipinski definition) is 3. The highest BCUT2D eigenvalue weighted by Crippen LogP contribution is 2.09. The van der Waals surface area contributed by atoms with E-state index in [9.17, 15) is 0 Å². The monoisotopic (exact) mass is 218 g/mol. The van der Waals surface area contributed by atoms with E-state index < -0.39 is 0 Å². The first-order valence-electron chi connectivity index (χ1n) is 3.66. The maximum atomic E-state index is 4.91. The second-order valence-electron chi connectivity index (χ2n) is 2.89. The van der Waals surface area contributed by atoms with Crippen molar-refractivity contribution < 1.29 is 4.52 Å². The van der Waals surface area contributed by atoms with Gasteiger partial charge < -0.3 is 4.52 Å². The predicted octanol–water partition coefficient (Wildman–Crippen LogP) is 2.42. The summed E-state index contributed by atoms with van der Waals surface area (Å²) in [6.07, 6.45) is 1.96. The first-order valence-corrected chi connectivity index (χ1v) is 4.46. The molecule has 1 aromatic rings. The Hall–Kier alpha value is -0.380. The highest BCUT2D eigenvalue weighted by atomic mass is 79.9. The van der Waals surface area contributed by atoms with Crippen molar-refractivity contribution >= 4 is 15.9 Å². The van der Waals surface area contributed by atoms with Crippen LogP contribution in [0.4, 0.5) is 0 Å². The molecule has 1 rings (SSSR count). The van der Waals surface area contributed by atoms with Gasteiger partial charge in [0.05, 0.1) is 0 Å². The van der Waals surface area contributed by atoms with E-state index in [1.165, 1.54) is 0 Å². The van der Waals surface area contributed by atoms with Crippen molar-refractivity contribution in [1.29, 1.82) is 0 Å². The summed E-state index contributed by atoms with van der Waals surface area (Å²) in [6.45, 7) is 4.34. The smallest absolute Gasteiger partial charge is 0.238 e.